The maximum absolute atomic E-state index is 10.1. The molecule has 0 aromatic heterocycles. The zero-order valence-electron chi connectivity index (χ0n) is 16.3. The fourth-order valence-corrected chi connectivity index (χ4v) is 4.77. The summed E-state index contributed by atoms with van der Waals surface area (Å²) in [6, 6.07) is 0. The number of rotatable bonds is 6. The molecule has 9 atom stereocenters. The summed E-state index contributed by atoms with van der Waals surface area (Å²) in [6.07, 6.45) is -3.36. The monoisotopic (exact) mass is 376 g/mol. The van der Waals surface area contributed by atoms with Gasteiger partial charge in [-0.05, 0) is 49.9 Å². The fraction of sp³-hybridized carbons (Fsp3) is 1.00. The Balaban J connectivity index is 1.89. The second-order valence-corrected chi connectivity index (χ2v) is 8.89. The van der Waals surface area contributed by atoms with Crippen molar-refractivity contribution < 1.29 is 35.0 Å². The molecule has 0 unspecified atom stereocenters. The molecule has 1 saturated heterocycles. The van der Waals surface area contributed by atoms with E-state index in [0.29, 0.717) is 11.8 Å². The molecule has 1 aliphatic heterocycles. The van der Waals surface area contributed by atoms with Crippen LogP contribution in [0.2, 0.25) is 0 Å². The molecule has 0 aromatic rings. The van der Waals surface area contributed by atoms with E-state index in [9.17, 15) is 25.5 Å². The second-order valence-electron chi connectivity index (χ2n) is 8.89. The third-order valence-corrected chi connectivity index (χ3v) is 6.20. The first-order valence-corrected chi connectivity index (χ1v) is 9.70. The molecule has 154 valence electrons. The maximum Gasteiger partial charge on any atom is 0.186 e. The first-order valence-electron chi connectivity index (χ1n) is 9.70. The third-order valence-electron chi connectivity index (χ3n) is 6.20. The molecule has 0 aromatic carbocycles. The van der Waals surface area contributed by atoms with E-state index in [0.717, 1.165) is 25.7 Å². The molecule has 1 aliphatic carbocycles. The lowest BCUT2D eigenvalue weighted by molar-refractivity contribution is -0.310. The van der Waals surface area contributed by atoms with Gasteiger partial charge in [0.25, 0.3) is 0 Å². The van der Waals surface area contributed by atoms with Gasteiger partial charge in [-0.1, -0.05) is 20.8 Å². The molecular formula is C19H36O7. The Hall–Kier alpha value is -0.280. The standard InChI is InChI=1S/C19H36O7/c1-10-7-12(21)8-19(3,4)13(10)6-5-11(2)25-18-17(24)16(23)15(22)14(9-20)26-18/h10-18,20-24H,5-9H2,1-4H3/t10-,11-,12+,13+,14-,15-,16+,17-,18+/m1/s1. The Kier molecular flexibility index (Phi) is 7.46. The number of hydrogen-bond acceptors (Lipinski definition) is 7. The first kappa shape index (κ1) is 22.0. The largest absolute Gasteiger partial charge is 0.394 e. The van der Waals surface area contributed by atoms with E-state index in [2.05, 4.69) is 20.8 Å². The molecule has 1 heterocycles. The van der Waals surface area contributed by atoms with Crippen molar-refractivity contribution in [2.75, 3.05) is 6.61 Å². The lowest BCUT2D eigenvalue weighted by Gasteiger charge is -2.45. The highest BCUT2D eigenvalue weighted by atomic mass is 16.7. The van der Waals surface area contributed by atoms with Crippen molar-refractivity contribution in [2.24, 2.45) is 17.3 Å². The second kappa shape index (κ2) is 8.82. The topological polar surface area (TPSA) is 120 Å². The van der Waals surface area contributed by atoms with Gasteiger partial charge in [0.2, 0.25) is 0 Å². The van der Waals surface area contributed by atoms with Crippen LogP contribution in [-0.2, 0) is 9.47 Å². The van der Waals surface area contributed by atoms with Gasteiger partial charge >= 0.3 is 0 Å². The molecule has 0 bridgehead atoms. The number of aliphatic hydroxyl groups excluding tert-OH is 5. The van der Waals surface area contributed by atoms with Crippen LogP contribution in [0.25, 0.3) is 0 Å². The maximum atomic E-state index is 10.1. The van der Waals surface area contributed by atoms with Gasteiger partial charge in [-0.15, -0.1) is 0 Å². The minimum atomic E-state index is -1.42. The summed E-state index contributed by atoms with van der Waals surface area (Å²) < 4.78 is 11.2. The summed E-state index contributed by atoms with van der Waals surface area (Å²) in [7, 11) is 0. The average molecular weight is 376 g/mol. The number of ether oxygens (including phenoxy) is 2. The number of aliphatic hydroxyl groups is 5. The quantitative estimate of drug-likeness (QED) is 0.455. The van der Waals surface area contributed by atoms with Crippen LogP contribution in [0, 0.1) is 17.3 Å². The van der Waals surface area contributed by atoms with Crippen molar-refractivity contribution >= 4 is 0 Å². The van der Waals surface area contributed by atoms with Crippen molar-refractivity contribution in [3.8, 4) is 0 Å². The summed E-state index contributed by atoms with van der Waals surface area (Å²) in [5.74, 6) is 0.889. The van der Waals surface area contributed by atoms with Gasteiger partial charge < -0.3 is 35.0 Å². The lowest BCUT2D eigenvalue weighted by atomic mass is 9.61. The van der Waals surface area contributed by atoms with Gasteiger partial charge in [-0.25, -0.2) is 0 Å². The van der Waals surface area contributed by atoms with Crippen LogP contribution in [0.1, 0.15) is 53.4 Å². The summed E-state index contributed by atoms with van der Waals surface area (Å²) >= 11 is 0. The van der Waals surface area contributed by atoms with Crippen molar-refractivity contribution in [2.45, 2.75) is 96.3 Å². The predicted octanol–water partition coefficient (Wildman–Crippen LogP) is 0.405. The van der Waals surface area contributed by atoms with E-state index in [-0.39, 0.29) is 17.6 Å². The predicted molar refractivity (Wildman–Crippen MR) is 95.2 cm³/mol. The number of hydrogen-bond donors (Lipinski definition) is 5. The Morgan fingerprint density at radius 3 is 2.35 bits per heavy atom. The fourth-order valence-electron chi connectivity index (χ4n) is 4.77. The van der Waals surface area contributed by atoms with Gasteiger partial charge in [0.15, 0.2) is 6.29 Å². The highest BCUT2D eigenvalue weighted by Crippen LogP contribution is 2.46. The minimum Gasteiger partial charge on any atom is -0.394 e. The molecule has 5 N–H and O–H groups in total. The molecule has 0 spiro atoms. The van der Waals surface area contributed by atoms with Gasteiger partial charge in [0.05, 0.1) is 18.8 Å². The molecule has 26 heavy (non-hydrogen) atoms. The van der Waals surface area contributed by atoms with Gasteiger partial charge in [0.1, 0.15) is 24.4 Å². The minimum absolute atomic E-state index is 0.0555. The van der Waals surface area contributed by atoms with E-state index < -0.39 is 37.3 Å². The van der Waals surface area contributed by atoms with Gasteiger partial charge in [0, 0.05) is 0 Å². The summed E-state index contributed by atoms with van der Waals surface area (Å²) in [4.78, 5) is 0. The van der Waals surface area contributed by atoms with Crippen LogP contribution in [0.3, 0.4) is 0 Å². The zero-order valence-corrected chi connectivity index (χ0v) is 16.3. The zero-order chi connectivity index (χ0) is 19.6. The third kappa shape index (κ3) is 4.95. The van der Waals surface area contributed by atoms with Crippen molar-refractivity contribution in [1.82, 2.24) is 0 Å². The lowest BCUT2D eigenvalue weighted by Crippen LogP contribution is -2.59. The molecule has 2 rings (SSSR count). The first-order chi connectivity index (χ1) is 12.1. The van der Waals surface area contributed by atoms with Crippen molar-refractivity contribution in [3.63, 3.8) is 0 Å². The molecule has 7 nitrogen and oxygen atoms in total. The summed E-state index contributed by atoms with van der Waals surface area (Å²) in [5.41, 5.74) is 0.0555. The Bertz CT molecular complexity index is 442. The van der Waals surface area contributed by atoms with Crippen LogP contribution in [0.5, 0.6) is 0 Å². The average Bonchev–Trinajstić information content (AvgIpc) is 2.53. The Labute approximate surface area is 155 Å². The van der Waals surface area contributed by atoms with Gasteiger partial charge in [-0.3, -0.25) is 0 Å². The normalized spacial score (nSPS) is 44.7. The van der Waals surface area contributed by atoms with Crippen LogP contribution in [-0.4, -0.2) is 75.1 Å². The SMILES string of the molecule is C[C@H](CC[C@H]1[C@H](C)C[C@H](O)CC1(C)C)O[C@H]1O[C@H](CO)[C@@H](O)[C@H](O)[C@H]1O. The highest BCUT2D eigenvalue weighted by Gasteiger charge is 2.45. The van der Waals surface area contributed by atoms with Crippen LogP contribution < -0.4 is 0 Å². The smallest absolute Gasteiger partial charge is 0.186 e. The van der Waals surface area contributed by atoms with E-state index in [1.54, 1.807) is 0 Å². The molecule has 0 amide bonds. The van der Waals surface area contributed by atoms with E-state index >= 15 is 0 Å². The molecule has 7 heteroatoms. The highest BCUT2D eigenvalue weighted by molar-refractivity contribution is 4.91. The van der Waals surface area contributed by atoms with E-state index in [1.165, 1.54) is 0 Å². The van der Waals surface area contributed by atoms with E-state index in [4.69, 9.17) is 9.47 Å². The molecule has 1 saturated carbocycles. The molecule has 0 radical (unpaired) electrons. The van der Waals surface area contributed by atoms with E-state index in [1.807, 2.05) is 6.92 Å². The molecule has 2 aliphatic rings. The summed E-state index contributed by atoms with van der Waals surface area (Å²) in [6.45, 7) is 7.99. The molecule has 2 fully saturated rings. The van der Waals surface area contributed by atoms with Crippen molar-refractivity contribution in [1.29, 1.82) is 0 Å². The van der Waals surface area contributed by atoms with Crippen LogP contribution in [0.15, 0.2) is 0 Å². The molecular weight excluding hydrogens is 340 g/mol. The van der Waals surface area contributed by atoms with Crippen LogP contribution >= 0.6 is 0 Å². The van der Waals surface area contributed by atoms with Gasteiger partial charge in [-0.2, -0.15) is 0 Å². The Morgan fingerprint density at radius 2 is 1.77 bits per heavy atom. The Morgan fingerprint density at radius 1 is 1.12 bits per heavy atom. The van der Waals surface area contributed by atoms with Crippen molar-refractivity contribution in [3.05, 3.63) is 0 Å². The summed E-state index contributed by atoms with van der Waals surface area (Å²) in [5, 5.41) is 49.0. The van der Waals surface area contributed by atoms with Crippen LogP contribution in [0.4, 0.5) is 0 Å².